The van der Waals surface area contributed by atoms with Crippen molar-refractivity contribution in [3.05, 3.63) is 63.1 Å². The summed E-state index contributed by atoms with van der Waals surface area (Å²) in [5.74, 6) is 0. The van der Waals surface area contributed by atoms with Gasteiger partial charge in [-0.05, 0) is 61.1 Å². The first-order valence-electron chi connectivity index (χ1n) is 8.95. The van der Waals surface area contributed by atoms with Crippen LogP contribution in [0.1, 0.15) is 23.3 Å². The number of nitrogens with zero attached hydrogens (tertiary/aromatic N) is 4. The van der Waals surface area contributed by atoms with Crippen molar-refractivity contribution in [1.29, 1.82) is 0 Å². The standard InChI is InChI=1S/C20H20N4S2/c1-14-11-19-21-23(20(25)24(19)18-7-3-2-6-17(14)18)13-22(15-8-9-15)12-16-5-4-10-26-16/h2-7,10-11,15H,8-9,12-13H2,1H3. The van der Waals surface area contributed by atoms with Crippen molar-refractivity contribution in [2.24, 2.45) is 0 Å². The molecule has 0 aliphatic heterocycles. The predicted octanol–water partition coefficient (Wildman–Crippen LogP) is 5.01. The normalized spacial score (nSPS) is 14.7. The van der Waals surface area contributed by atoms with Crippen LogP contribution >= 0.6 is 23.6 Å². The summed E-state index contributed by atoms with van der Waals surface area (Å²) in [6, 6.07) is 15.5. The third-order valence-electron chi connectivity index (χ3n) is 5.10. The number of benzene rings is 1. The van der Waals surface area contributed by atoms with Gasteiger partial charge in [-0.1, -0.05) is 24.3 Å². The van der Waals surface area contributed by atoms with Gasteiger partial charge in [0.05, 0.1) is 12.2 Å². The summed E-state index contributed by atoms with van der Waals surface area (Å²) in [5, 5.41) is 8.21. The first-order chi connectivity index (χ1) is 12.7. The second kappa shape index (κ2) is 6.30. The molecule has 0 radical (unpaired) electrons. The van der Waals surface area contributed by atoms with E-state index < -0.39 is 0 Å². The molecule has 0 amide bonds. The van der Waals surface area contributed by atoms with E-state index in [1.54, 1.807) is 0 Å². The van der Waals surface area contributed by atoms with E-state index in [1.807, 2.05) is 16.0 Å². The second-order valence-electron chi connectivity index (χ2n) is 7.02. The van der Waals surface area contributed by atoms with Gasteiger partial charge in [0.25, 0.3) is 0 Å². The third kappa shape index (κ3) is 2.78. The van der Waals surface area contributed by atoms with E-state index >= 15 is 0 Å². The number of thiophene rings is 1. The van der Waals surface area contributed by atoms with E-state index in [4.69, 9.17) is 17.3 Å². The van der Waals surface area contributed by atoms with Crippen LogP contribution in [0, 0.1) is 11.7 Å². The van der Waals surface area contributed by atoms with Gasteiger partial charge in [-0.2, -0.15) is 5.10 Å². The maximum Gasteiger partial charge on any atom is 0.204 e. The number of para-hydroxylation sites is 1. The van der Waals surface area contributed by atoms with Crippen LogP contribution in [-0.4, -0.2) is 25.1 Å². The molecule has 6 heteroatoms. The lowest BCUT2D eigenvalue weighted by atomic mass is 10.1. The number of aryl methyl sites for hydroxylation is 1. The highest BCUT2D eigenvalue weighted by Crippen LogP contribution is 2.30. The first-order valence-corrected chi connectivity index (χ1v) is 10.2. The Kier molecular flexibility index (Phi) is 3.92. The fraction of sp³-hybridized carbons (Fsp3) is 0.300. The number of rotatable bonds is 5. The summed E-state index contributed by atoms with van der Waals surface area (Å²) in [6.45, 7) is 3.85. The monoisotopic (exact) mass is 380 g/mol. The largest absolute Gasteiger partial charge is 0.276 e. The Morgan fingerprint density at radius 3 is 2.85 bits per heavy atom. The van der Waals surface area contributed by atoms with Gasteiger partial charge in [-0.25, -0.2) is 4.68 Å². The van der Waals surface area contributed by atoms with Crippen LogP contribution in [0.4, 0.5) is 0 Å². The Bertz CT molecular complexity index is 1140. The number of aromatic nitrogens is 3. The molecule has 0 spiro atoms. The van der Waals surface area contributed by atoms with Crippen LogP contribution in [0.2, 0.25) is 0 Å². The van der Waals surface area contributed by atoms with Gasteiger partial charge in [0, 0.05) is 22.8 Å². The minimum atomic E-state index is 0.655. The van der Waals surface area contributed by atoms with Crippen molar-refractivity contribution >= 4 is 40.1 Å². The molecular weight excluding hydrogens is 360 g/mol. The molecule has 1 aliphatic rings. The molecule has 1 fully saturated rings. The van der Waals surface area contributed by atoms with Crippen molar-refractivity contribution in [3.8, 4) is 0 Å². The van der Waals surface area contributed by atoms with Crippen molar-refractivity contribution < 1.29 is 0 Å². The lowest BCUT2D eigenvalue weighted by molar-refractivity contribution is 0.189. The van der Waals surface area contributed by atoms with Crippen LogP contribution in [-0.2, 0) is 13.2 Å². The topological polar surface area (TPSA) is 25.5 Å². The van der Waals surface area contributed by atoms with Gasteiger partial charge in [-0.15, -0.1) is 11.3 Å². The minimum absolute atomic E-state index is 0.655. The SMILES string of the molecule is Cc1cc2nn(CN(Cc3cccs3)C3CC3)c(=S)n2c2ccccc12. The highest BCUT2D eigenvalue weighted by atomic mass is 32.1. The number of pyridine rings is 1. The van der Waals surface area contributed by atoms with Crippen LogP contribution in [0.15, 0.2) is 47.8 Å². The van der Waals surface area contributed by atoms with E-state index in [0.29, 0.717) is 6.04 Å². The molecule has 0 bridgehead atoms. The molecule has 0 unspecified atom stereocenters. The first kappa shape index (κ1) is 16.2. The van der Waals surface area contributed by atoms with Gasteiger partial charge in [-0.3, -0.25) is 9.30 Å². The molecule has 0 N–H and O–H groups in total. The van der Waals surface area contributed by atoms with Gasteiger partial charge < -0.3 is 0 Å². The zero-order chi connectivity index (χ0) is 17.7. The Morgan fingerprint density at radius 1 is 1.23 bits per heavy atom. The molecule has 3 heterocycles. The second-order valence-corrected chi connectivity index (χ2v) is 8.42. The molecule has 1 saturated carbocycles. The molecule has 0 atom stereocenters. The average Bonchev–Trinajstić information content (AvgIpc) is 3.28. The maximum atomic E-state index is 5.81. The Morgan fingerprint density at radius 2 is 2.08 bits per heavy atom. The molecule has 26 heavy (non-hydrogen) atoms. The van der Waals surface area contributed by atoms with E-state index in [2.05, 4.69) is 64.1 Å². The maximum absolute atomic E-state index is 5.81. The molecule has 0 saturated heterocycles. The molecular formula is C20H20N4S2. The molecule has 1 aromatic carbocycles. The quantitative estimate of drug-likeness (QED) is 0.455. The van der Waals surface area contributed by atoms with Crippen molar-refractivity contribution in [2.45, 2.75) is 39.0 Å². The van der Waals surface area contributed by atoms with E-state index in [-0.39, 0.29) is 0 Å². The van der Waals surface area contributed by atoms with Crippen molar-refractivity contribution in [2.75, 3.05) is 0 Å². The molecule has 3 aromatic heterocycles. The van der Waals surface area contributed by atoms with Crippen LogP contribution < -0.4 is 0 Å². The zero-order valence-corrected chi connectivity index (χ0v) is 16.3. The zero-order valence-electron chi connectivity index (χ0n) is 14.6. The van der Waals surface area contributed by atoms with Gasteiger partial charge >= 0.3 is 0 Å². The molecule has 132 valence electrons. The van der Waals surface area contributed by atoms with Gasteiger partial charge in [0.1, 0.15) is 0 Å². The van der Waals surface area contributed by atoms with Crippen LogP contribution in [0.25, 0.3) is 16.6 Å². The van der Waals surface area contributed by atoms with E-state index in [0.717, 1.165) is 29.1 Å². The van der Waals surface area contributed by atoms with Gasteiger partial charge in [0.2, 0.25) is 4.77 Å². The number of hydrogen-bond donors (Lipinski definition) is 0. The summed E-state index contributed by atoms with van der Waals surface area (Å²) in [7, 11) is 0. The van der Waals surface area contributed by atoms with E-state index in [9.17, 15) is 0 Å². The number of fused-ring (bicyclic) bond motifs is 3. The Balaban J connectivity index is 1.57. The lowest BCUT2D eigenvalue weighted by Gasteiger charge is -2.20. The molecule has 4 nitrogen and oxygen atoms in total. The summed E-state index contributed by atoms with van der Waals surface area (Å²) >= 11 is 7.63. The smallest absolute Gasteiger partial charge is 0.204 e. The summed E-state index contributed by atoms with van der Waals surface area (Å²) in [5.41, 5.74) is 3.30. The molecule has 5 rings (SSSR count). The predicted molar refractivity (Wildman–Crippen MR) is 109 cm³/mol. The highest BCUT2D eigenvalue weighted by Gasteiger charge is 2.30. The fourth-order valence-corrected chi connectivity index (χ4v) is 4.64. The summed E-state index contributed by atoms with van der Waals surface area (Å²) in [4.78, 5) is 3.90. The van der Waals surface area contributed by atoms with Crippen LogP contribution in [0.3, 0.4) is 0 Å². The Hall–Kier alpha value is -2.02. The minimum Gasteiger partial charge on any atom is -0.276 e. The van der Waals surface area contributed by atoms with Gasteiger partial charge in [0.15, 0.2) is 5.65 Å². The molecule has 1 aliphatic carbocycles. The number of hydrogen-bond acceptors (Lipinski definition) is 4. The molecule has 4 aromatic rings. The Labute approximate surface area is 161 Å². The van der Waals surface area contributed by atoms with E-state index in [1.165, 1.54) is 28.7 Å². The fourth-order valence-electron chi connectivity index (χ4n) is 3.62. The van der Waals surface area contributed by atoms with Crippen molar-refractivity contribution in [1.82, 2.24) is 19.1 Å². The third-order valence-corrected chi connectivity index (χ3v) is 6.35. The summed E-state index contributed by atoms with van der Waals surface area (Å²) in [6.07, 6.45) is 2.54. The highest BCUT2D eigenvalue weighted by molar-refractivity contribution is 7.71. The van der Waals surface area contributed by atoms with Crippen LogP contribution in [0.5, 0.6) is 0 Å². The van der Waals surface area contributed by atoms with Crippen molar-refractivity contribution in [3.63, 3.8) is 0 Å². The summed E-state index contributed by atoms with van der Waals surface area (Å²) < 4.78 is 4.86. The lowest BCUT2D eigenvalue weighted by Crippen LogP contribution is -2.28. The average molecular weight is 381 g/mol.